The lowest BCUT2D eigenvalue weighted by atomic mass is 9.87. The minimum atomic E-state index is -0.963. The van der Waals surface area contributed by atoms with Gasteiger partial charge in [-0.1, -0.05) is 36.4 Å². The fraction of sp³-hybridized carbons (Fsp3) is 0.250. The van der Waals surface area contributed by atoms with Gasteiger partial charge in [0, 0.05) is 12.0 Å². The Morgan fingerprint density at radius 2 is 1.85 bits per heavy atom. The number of benzene rings is 1. The van der Waals surface area contributed by atoms with Crippen molar-refractivity contribution in [3.05, 3.63) is 47.0 Å². The van der Waals surface area contributed by atoms with E-state index >= 15 is 0 Å². The van der Waals surface area contributed by atoms with Crippen LogP contribution in [0.15, 0.2) is 35.9 Å². The van der Waals surface area contributed by atoms with Gasteiger partial charge in [0.1, 0.15) is 0 Å². The summed E-state index contributed by atoms with van der Waals surface area (Å²) in [5, 5.41) is 18.0. The van der Waals surface area contributed by atoms with Crippen LogP contribution in [0.25, 0.3) is 11.6 Å². The molecule has 4 heteroatoms. The Morgan fingerprint density at radius 3 is 2.55 bits per heavy atom. The van der Waals surface area contributed by atoms with Crippen molar-refractivity contribution < 1.29 is 19.8 Å². The molecule has 0 fully saturated rings. The van der Waals surface area contributed by atoms with E-state index < -0.39 is 11.9 Å². The molecule has 0 unspecified atom stereocenters. The molecule has 2 N–H and O–H groups in total. The molecule has 0 radical (unpaired) electrons. The summed E-state index contributed by atoms with van der Waals surface area (Å²) in [5.41, 5.74) is 3.05. The molecule has 0 atom stereocenters. The second-order valence-corrected chi connectivity index (χ2v) is 4.70. The SMILES string of the molecule is O=C(O)CCC/C(C(=O)O)=C1\CC=Cc2ccccc21. The first-order chi connectivity index (χ1) is 9.59. The molecule has 1 aromatic carbocycles. The number of fused-ring (bicyclic) bond motifs is 1. The maximum Gasteiger partial charge on any atom is 0.331 e. The first-order valence-electron chi connectivity index (χ1n) is 6.52. The lowest BCUT2D eigenvalue weighted by Gasteiger charge is -2.17. The maximum absolute atomic E-state index is 11.5. The zero-order chi connectivity index (χ0) is 14.5. The third kappa shape index (κ3) is 3.15. The van der Waals surface area contributed by atoms with Crippen LogP contribution < -0.4 is 0 Å². The number of carbonyl (C=O) groups is 2. The van der Waals surface area contributed by atoms with Crippen molar-refractivity contribution in [2.24, 2.45) is 0 Å². The third-order valence-corrected chi connectivity index (χ3v) is 3.35. The number of carboxylic acids is 2. The van der Waals surface area contributed by atoms with Gasteiger partial charge in [-0.25, -0.2) is 4.79 Å². The van der Waals surface area contributed by atoms with Gasteiger partial charge < -0.3 is 10.2 Å². The maximum atomic E-state index is 11.5. The Hall–Kier alpha value is -2.36. The molecule has 4 nitrogen and oxygen atoms in total. The van der Waals surface area contributed by atoms with Crippen molar-refractivity contribution in [3.63, 3.8) is 0 Å². The summed E-state index contributed by atoms with van der Waals surface area (Å²) in [7, 11) is 0. The number of carboxylic acid groups (broad SMARTS) is 2. The van der Waals surface area contributed by atoms with E-state index in [1.165, 1.54) is 0 Å². The van der Waals surface area contributed by atoms with Crippen LogP contribution in [0, 0.1) is 0 Å². The van der Waals surface area contributed by atoms with Crippen molar-refractivity contribution in [2.45, 2.75) is 25.7 Å². The molecule has 0 amide bonds. The Kier molecular flexibility index (Phi) is 4.35. The fourth-order valence-corrected chi connectivity index (χ4v) is 2.42. The molecular weight excluding hydrogens is 256 g/mol. The van der Waals surface area contributed by atoms with E-state index in [2.05, 4.69) is 0 Å². The zero-order valence-electron chi connectivity index (χ0n) is 11.0. The van der Waals surface area contributed by atoms with E-state index in [9.17, 15) is 14.7 Å². The van der Waals surface area contributed by atoms with Crippen LogP contribution in [0.5, 0.6) is 0 Å². The van der Waals surface area contributed by atoms with E-state index in [0.717, 1.165) is 16.7 Å². The monoisotopic (exact) mass is 272 g/mol. The minimum Gasteiger partial charge on any atom is -0.481 e. The lowest BCUT2D eigenvalue weighted by molar-refractivity contribution is -0.137. The van der Waals surface area contributed by atoms with Crippen molar-refractivity contribution in [2.75, 3.05) is 0 Å². The minimum absolute atomic E-state index is 0.0124. The molecule has 0 saturated heterocycles. The summed E-state index contributed by atoms with van der Waals surface area (Å²) in [6, 6.07) is 7.65. The van der Waals surface area contributed by atoms with Crippen LogP contribution in [0.1, 0.15) is 36.8 Å². The molecule has 104 valence electrons. The molecular formula is C16H16O4. The standard InChI is InChI=1S/C16H16O4/c17-15(18)10-4-9-14(16(19)20)13-8-3-6-11-5-1-2-7-12(11)13/h1-3,5-7H,4,8-10H2,(H,17,18)(H,19,20)/b14-13-. The van der Waals surface area contributed by atoms with Crippen molar-refractivity contribution in [1.29, 1.82) is 0 Å². The molecule has 0 bridgehead atoms. The third-order valence-electron chi connectivity index (χ3n) is 3.35. The predicted molar refractivity (Wildman–Crippen MR) is 76.1 cm³/mol. The molecule has 0 heterocycles. The Balaban J connectivity index is 2.33. The summed E-state index contributed by atoms with van der Waals surface area (Å²) < 4.78 is 0. The van der Waals surface area contributed by atoms with Gasteiger partial charge in [-0.2, -0.15) is 0 Å². The van der Waals surface area contributed by atoms with Crippen LogP contribution in [0.2, 0.25) is 0 Å². The van der Waals surface area contributed by atoms with Gasteiger partial charge >= 0.3 is 11.9 Å². The quantitative estimate of drug-likeness (QED) is 0.807. The molecule has 0 saturated carbocycles. The van der Waals surface area contributed by atoms with Crippen LogP contribution in [0.3, 0.4) is 0 Å². The van der Waals surface area contributed by atoms with E-state index in [4.69, 9.17) is 5.11 Å². The highest BCUT2D eigenvalue weighted by Gasteiger charge is 2.18. The highest BCUT2D eigenvalue weighted by Crippen LogP contribution is 2.33. The normalized spacial score (nSPS) is 15.6. The summed E-state index contributed by atoms with van der Waals surface area (Å²) >= 11 is 0. The van der Waals surface area contributed by atoms with E-state index in [1.54, 1.807) is 0 Å². The van der Waals surface area contributed by atoms with Crippen molar-refractivity contribution in [1.82, 2.24) is 0 Å². The topological polar surface area (TPSA) is 74.6 Å². The van der Waals surface area contributed by atoms with Crippen LogP contribution in [-0.2, 0) is 9.59 Å². The molecule has 1 aromatic rings. The van der Waals surface area contributed by atoms with Gasteiger partial charge in [0.25, 0.3) is 0 Å². The largest absolute Gasteiger partial charge is 0.481 e. The average molecular weight is 272 g/mol. The van der Waals surface area contributed by atoms with Gasteiger partial charge in [0.15, 0.2) is 0 Å². The number of hydrogen-bond donors (Lipinski definition) is 2. The van der Waals surface area contributed by atoms with Crippen molar-refractivity contribution in [3.8, 4) is 0 Å². The number of hydrogen-bond acceptors (Lipinski definition) is 2. The van der Waals surface area contributed by atoms with Crippen LogP contribution in [0.4, 0.5) is 0 Å². The van der Waals surface area contributed by atoms with Gasteiger partial charge in [-0.05, 0) is 36.0 Å². The van der Waals surface area contributed by atoms with Gasteiger partial charge in [0.05, 0.1) is 0 Å². The van der Waals surface area contributed by atoms with Crippen LogP contribution >= 0.6 is 0 Å². The summed E-state index contributed by atoms with van der Waals surface area (Å²) in [5.74, 6) is -1.86. The van der Waals surface area contributed by atoms with Crippen molar-refractivity contribution >= 4 is 23.6 Å². The first-order valence-corrected chi connectivity index (χ1v) is 6.52. The summed E-state index contributed by atoms with van der Waals surface area (Å²) in [6.45, 7) is 0. The van der Waals surface area contributed by atoms with Gasteiger partial charge in [-0.15, -0.1) is 0 Å². The molecule has 0 aromatic heterocycles. The highest BCUT2D eigenvalue weighted by molar-refractivity contribution is 5.98. The fourth-order valence-electron chi connectivity index (χ4n) is 2.42. The zero-order valence-corrected chi connectivity index (χ0v) is 11.0. The van der Waals surface area contributed by atoms with Crippen LogP contribution in [-0.4, -0.2) is 22.2 Å². The Morgan fingerprint density at radius 1 is 1.10 bits per heavy atom. The molecule has 0 spiro atoms. The lowest BCUT2D eigenvalue weighted by Crippen LogP contribution is -2.07. The molecule has 2 rings (SSSR count). The molecule has 1 aliphatic carbocycles. The predicted octanol–water partition coefficient (Wildman–Crippen LogP) is 3.20. The molecule has 1 aliphatic rings. The second-order valence-electron chi connectivity index (χ2n) is 4.70. The number of aliphatic carboxylic acids is 2. The van der Waals surface area contributed by atoms with Gasteiger partial charge in [0.2, 0.25) is 0 Å². The number of rotatable bonds is 5. The van der Waals surface area contributed by atoms with E-state index in [0.29, 0.717) is 18.4 Å². The second kappa shape index (κ2) is 6.19. The summed E-state index contributed by atoms with van der Waals surface area (Å²) in [6.07, 6.45) is 5.10. The summed E-state index contributed by atoms with van der Waals surface area (Å²) in [4.78, 5) is 22.0. The molecule has 0 aliphatic heterocycles. The highest BCUT2D eigenvalue weighted by atomic mass is 16.4. The van der Waals surface area contributed by atoms with E-state index in [-0.39, 0.29) is 12.8 Å². The average Bonchev–Trinajstić information content (AvgIpc) is 2.42. The number of allylic oxidation sites excluding steroid dienone is 2. The first kappa shape index (κ1) is 14.1. The Labute approximate surface area is 117 Å². The molecule has 20 heavy (non-hydrogen) atoms. The van der Waals surface area contributed by atoms with Gasteiger partial charge in [-0.3, -0.25) is 4.79 Å². The van der Waals surface area contributed by atoms with E-state index in [1.807, 2.05) is 36.4 Å². The smallest absolute Gasteiger partial charge is 0.331 e. The Bertz CT molecular complexity index is 596.